The summed E-state index contributed by atoms with van der Waals surface area (Å²) >= 11 is 9.04. The summed E-state index contributed by atoms with van der Waals surface area (Å²) in [5, 5.41) is 9.26. The molecule has 6 nitrogen and oxygen atoms in total. The SMILES string of the molecule is Cc1cc(Nc2c(Br)c(C3CCCCC3)nc3c(-c4ccn(C)c4Br)cnn23)sn1. The standard InChI is InChI=1S/C21H22Br2N6S/c1-12-10-16(30-27-12)25-21-17(22)18(13-6-4-3-5-7-13)26-20-15(11-24-29(20)21)14-8-9-28(2)19(14)23/h8-11,13,25H,3-7H2,1-2H3. The molecule has 1 saturated carbocycles. The zero-order valence-electron chi connectivity index (χ0n) is 16.8. The van der Waals surface area contributed by atoms with Gasteiger partial charge >= 0.3 is 0 Å². The van der Waals surface area contributed by atoms with Crippen LogP contribution in [0.15, 0.2) is 33.6 Å². The first-order valence-electron chi connectivity index (χ1n) is 10.1. The third-order valence-electron chi connectivity index (χ3n) is 5.76. The maximum absolute atomic E-state index is 5.16. The highest BCUT2D eigenvalue weighted by Crippen LogP contribution is 2.41. The summed E-state index contributed by atoms with van der Waals surface area (Å²) in [6, 6.07) is 4.16. The van der Waals surface area contributed by atoms with E-state index in [0.717, 1.165) is 48.1 Å². The van der Waals surface area contributed by atoms with Crippen LogP contribution in [-0.2, 0) is 7.05 Å². The van der Waals surface area contributed by atoms with Crippen LogP contribution in [0.2, 0.25) is 0 Å². The molecule has 1 aliphatic rings. The van der Waals surface area contributed by atoms with Crippen molar-refractivity contribution in [1.82, 2.24) is 23.5 Å². The minimum atomic E-state index is 0.462. The smallest absolute Gasteiger partial charge is 0.165 e. The molecule has 1 aliphatic carbocycles. The molecule has 0 aliphatic heterocycles. The van der Waals surface area contributed by atoms with Gasteiger partial charge in [-0.3, -0.25) is 0 Å². The number of hydrogen-bond acceptors (Lipinski definition) is 5. The van der Waals surface area contributed by atoms with E-state index >= 15 is 0 Å². The highest BCUT2D eigenvalue weighted by atomic mass is 79.9. The second-order valence-electron chi connectivity index (χ2n) is 7.88. The minimum absolute atomic E-state index is 0.462. The minimum Gasteiger partial charge on any atom is -0.345 e. The molecule has 0 atom stereocenters. The van der Waals surface area contributed by atoms with E-state index in [2.05, 4.69) is 58.3 Å². The molecule has 5 rings (SSSR count). The lowest BCUT2D eigenvalue weighted by molar-refractivity contribution is 0.435. The van der Waals surface area contributed by atoms with E-state index in [4.69, 9.17) is 10.1 Å². The van der Waals surface area contributed by atoms with Crippen molar-refractivity contribution in [1.29, 1.82) is 0 Å². The number of anilines is 2. The quantitative estimate of drug-likeness (QED) is 0.303. The van der Waals surface area contributed by atoms with E-state index in [-0.39, 0.29) is 0 Å². The molecule has 1 fully saturated rings. The van der Waals surface area contributed by atoms with Crippen molar-refractivity contribution in [3.63, 3.8) is 0 Å². The summed E-state index contributed by atoms with van der Waals surface area (Å²) in [7, 11) is 2.02. The molecule has 9 heteroatoms. The molecular formula is C21H22Br2N6S. The molecule has 0 aromatic carbocycles. The van der Waals surface area contributed by atoms with Crippen molar-refractivity contribution in [2.75, 3.05) is 5.32 Å². The Morgan fingerprint density at radius 2 is 1.97 bits per heavy atom. The number of aryl methyl sites for hydroxylation is 2. The number of nitrogens with zero attached hydrogens (tertiary/aromatic N) is 5. The Labute approximate surface area is 196 Å². The van der Waals surface area contributed by atoms with Crippen LogP contribution >= 0.6 is 43.4 Å². The molecule has 0 bridgehead atoms. The summed E-state index contributed by atoms with van der Waals surface area (Å²) < 4.78 is 10.4. The first-order valence-corrected chi connectivity index (χ1v) is 12.5. The molecule has 4 heterocycles. The fourth-order valence-electron chi connectivity index (χ4n) is 4.19. The molecule has 30 heavy (non-hydrogen) atoms. The Kier molecular flexibility index (Phi) is 5.45. The second kappa shape index (κ2) is 8.09. The lowest BCUT2D eigenvalue weighted by Crippen LogP contribution is -2.11. The molecule has 4 aromatic rings. The van der Waals surface area contributed by atoms with Gasteiger partial charge in [-0.15, -0.1) is 0 Å². The first-order chi connectivity index (χ1) is 14.5. The van der Waals surface area contributed by atoms with Crippen molar-refractivity contribution >= 4 is 59.9 Å². The fraction of sp³-hybridized carbons (Fsp3) is 0.381. The van der Waals surface area contributed by atoms with Crippen molar-refractivity contribution in [2.45, 2.75) is 44.9 Å². The number of nitrogens with one attached hydrogen (secondary N) is 1. The van der Waals surface area contributed by atoms with Crippen LogP contribution in [-0.4, -0.2) is 23.5 Å². The third-order valence-corrected chi connectivity index (χ3v) is 8.33. The van der Waals surface area contributed by atoms with E-state index in [0.29, 0.717) is 5.92 Å². The van der Waals surface area contributed by atoms with Gasteiger partial charge in [0.2, 0.25) is 0 Å². The molecule has 1 N–H and O–H groups in total. The van der Waals surface area contributed by atoms with Crippen LogP contribution in [0, 0.1) is 6.92 Å². The largest absolute Gasteiger partial charge is 0.345 e. The van der Waals surface area contributed by atoms with E-state index in [1.807, 2.05) is 30.9 Å². The normalized spacial score (nSPS) is 15.2. The average molecular weight is 550 g/mol. The Morgan fingerprint density at radius 1 is 1.17 bits per heavy atom. The Bertz CT molecular complexity index is 1220. The van der Waals surface area contributed by atoms with Crippen molar-refractivity contribution in [3.8, 4) is 11.1 Å². The van der Waals surface area contributed by atoms with Gasteiger partial charge in [0.1, 0.15) is 5.00 Å². The third kappa shape index (κ3) is 3.50. The zero-order valence-corrected chi connectivity index (χ0v) is 20.8. The summed E-state index contributed by atoms with van der Waals surface area (Å²) in [6.07, 6.45) is 10.1. The summed E-state index contributed by atoms with van der Waals surface area (Å²) in [5.74, 6) is 1.37. The molecule has 0 spiro atoms. The van der Waals surface area contributed by atoms with Crippen LogP contribution in [0.5, 0.6) is 0 Å². The molecule has 156 valence electrons. The summed E-state index contributed by atoms with van der Waals surface area (Å²) in [6.45, 7) is 2.01. The number of aromatic nitrogens is 5. The van der Waals surface area contributed by atoms with Gasteiger partial charge in [-0.2, -0.15) is 14.0 Å². The monoisotopic (exact) mass is 548 g/mol. The molecule has 0 radical (unpaired) electrons. The molecular weight excluding hydrogens is 528 g/mol. The van der Waals surface area contributed by atoms with Crippen LogP contribution in [0.3, 0.4) is 0 Å². The lowest BCUT2D eigenvalue weighted by atomic mass is 9.87. The van der Waals surface area contributed by atoms with Crippen LogP contribution < -0.4 is 5.32 Å². The fourth-order valence-corrected chi connectivity index (χ4v) is 5.99. The summed E-state index contributed by atoms with van der Waals surface area (Å²) in [5.41, 5.74) is 5.12. The highest BCUT2D eigenvalue weighted by Gasteiger charge is 2.26. The van der Waals surface area contributed by atoms with Gasteiger partial charge in [-0.05, 0) is 75.3 Å². The maximum atomic E-state index is 5.16. The second-order valence-corrected chi connectivity index (χ2v) is 10.2. The summed E-state index contributed by atoms with van der Waals surface area (Å²) in [4.78, 5) is 5.16. The van der Waals surface area contributed by atoms with Gasteiger partial charge in [-0.1, -0.05) is 19.3 Å². The number of hydrogen-bond donors (Lipinski definition) is 1. The van der Waals surface area contributed by atoms with Gasteiger partial charge < -0.3 is 9.88 Å². The van der Waals surface area contributed by atoms with Gasteiger partial charge in [0, 0.05) is 30.3 Å². The average Bonchev–Trinajstić information content (AvgIpc) is 3.44. The molecule has 4 aromatic heterocycles. The highest BCUT2D eigenvalue weighted by molar-refractivity contribution is 9.11. The molecule has 0 unspecified atom stereocenters. The molecule has 0 saturated heterocycles. The Balaban J connectivity index is 1.71. The van der Waals surface area contributed by atoms with Gasteiger partial charge in [0.15, 0.2) is 11.5 Å². The van der Waals surface area contributed by atoms with E-state index in [9.17, 15) is 0 Å². The van der Waals surface area contributed by atoms with Crippen LogP contribution in [0.25, 0.3) is 16.8 Å². The van der Waals surface area contributed by atoms with E-state index in [1.54, 1.807) is 0 Å². The van der Waals surface area contributed by atoms with Crippen molar-refractivity contribution in [3.05, 3.63) is 45.0 Å². The topological polar surface area (TPSA) is 60.0 Å². The number of halogens is 2. The zero-order chi connectivity index (χ0) is 20.8. The van der Waals surface area contributed by atoms with Crippen molar-refractivity contribution < 1.29 is 0 Å². The Morgan fingerprint density at radius 3 is 2.63 bits per heavy atom. The lowest BCUT2D eigenvalue weighted by Gasteiger charge is -2.23. The van der Waals surface area contributed by atoms with Crippen LogP contribution in [0.1, 0.15) is 49.4 Å². The molecule has 0 amide bonds. The van der Waals surface area contributed by atoms with Gasteiger partial charge in [0.05, 0.1) is 26.7 Å². The predicted molar refractivity (Wildman–Crippen MR) is 129 cm³/mol. The van der Waals surface area contributed by atoms with Crippen molar-refractivity contribution in [2.24, 2.45) is 7.05 Å². The Hall–Kier alpha value is -1.71. The first kappa shape index (κ1) is 20.2. The van der Waals surface area contributed by atoms with Crippen LogP contribution in [0.4, 0.5) is 10.8 Å². The van der Waals surface area contributed by atoms with E-state index in [1.165, 1.54) is 43.6 Å². The van der Waals surface area contributed by atoms with Gasteiger partial charge in [0.25, 0.3) is 0 Å². The van der Waals surface area contributed by atoms with Gasteiger partial charge in [-0.25, -0.2) is 4.98 Å². The van der Waals surface area contributed by atoms with E-state index < -0.39 is 0 Å². The predicted octanol–water partition coefficient (Wildman–Crippen LogP) is 6.82. The number of fused-ring (bicyclic) bond motifs is 1. The number of rotatable bonds is 4. The maximum Gasteiger partial charge on any atom is 0.165 e.